The molecule has 0 aliphatic carbocycles. The van der Waals surface area contributed by atoms with Crippen LogP contribution in [0.1, 0.15) is 24.0 Å². The van der Waals surface area contributed by atoms with E-state index in [0.717, 1.165) is 0 Å². The van der Waals surface area contributed by atoms with Crippen molar-refractivity contribution in [1.29, 1.82) is 0 Å². The predicted octanol–water partition coefficient (Wildman–Crippen LogP) is 8.33. The zero-order valence-corrected chi connectivity index (χ0v) is 16.9. The number of rotatable bonds is 10. The Labute approximate surface area is 185 Å². The van der Waals surface area contributed by atoms with Gasteiger partial charge in [-0.1, -0.05) is 29.8 Å². The van der Waals surface area contributed by atoms with E-state index in [1.807, 2.05) is 0 Å². The molecule has 0 aliphatic heterocycles. The molecule has 0 atom stereocenters. The second-order valence-electron chi connectivity index (χ2n) is 7.49. The van der Waals surface area contributed by atoms with Crippen molar-refractivity contribution in [1.82, 2.24) is 0 Å². The van der Waals surface area contributed by atoms with Crippen LogP contribution in [0.3, 0.4) is 0 Å². The summed E-state index contributed by atoms with van der Waals surface area (Å²) in [5.74, 6) is -55.9. The molecule has 0 heterocycles. The number of aryl methyl sites for hydroxylation is 2. The maximum atomic E-state index is 13.8. The van der Waals surface area contributed by atoms with Gasteiger partial charge in [-0.3, -0.25) is 0 Å². The van der Waals surface area contributed by atoms with Crippen molar-refractivity contribution in [2.45, 2.75) is 73.8 Å². The van der Waals surface area contributed by atoms with Gasteiger partial charge in [-0.25, -0.2) is 0 Å². The Hall–Kier alpha value is -1.97. The maximum absolute atomic E-state index is 13.8. The van der Waals surface area contributed by atoms with Crippen LogP contribution in [-0.2, 0) is 6.42 Å². The minimum Gasteiger partial charge on any atom is -0.200 e. The molecule has 0 radical (unpaired) electrons. The normalized spacial score (nSPS) is 15.5. The largest absolute Gasteiger partial charge is 0.460 e. The fourth-order valence-electron chi connectivity index (χ4n) is 2.62. The van der Waals surface area contributed by atoms with Crippen LogP contribution in [0.2, 0.25) is 0 Å². The second-order valence-corrected chi connectivity index (χ2v) is 7.49. The van der Waals surface area contributed by atoms with Crippen molar-refractivity contribution in [3.05, 3.63) is 35.4 Å². The Kier molecular flexibility index (Phi) is 7.85. The Bertz CT molecular complexity index is 864. The van der Waals surface area contributed by atoms with Crippen LogP contribution >= 0.6 is 0 Å². The van der Waals surface area contributed by atoms with Crippen LogP contribution in [0.4, 0.5) is 74.6 Å². The molecular weight excluding hydrogens is 539 g/mol. The SMILES string of the molecule is Cc1ccc(CCCC(F)(F)C(F)(F)C(F)(F)C(F)(F)C(F)(F)C(F)(F)C(F)(F)C(F)(F)F)cc1. The van der Waals surface area contributed by atoms with Crippen LogP contribution in [-0.4, -0.2) is 47.6 Å². The third-order valence-electron chi connectivity index (χ3n) is 4.86. The summed E-state index contributed by atoms with van der Waals surface area (Å²) >= 11 is 0. The minimum atomic E-state index is -8.59. The topological polar surface area (TPSA) is 0 Å². The molecule has 1 aromatic rings. The van der Waals surface area contributed by atoms with Gasteiger partial charge in [0, 0.05) is 6.42 Å². The molecule has 0 spiro atoms. The highest BCUT2D eigenvalue weighted by Crippen LogP contribution is 2.64. The van der Waals surface area contributed by atoms with Gasteiger partial charge in [-0.05, 0) is 25.3 Å². The fraction of sp³-hybridized carbons (Fsp3) is 0.667. The van der Waals surface area contributed by atoms with Gasteiger partial charge in [0.25, 0.3) is 0 Å². The standard InChI is InChI=1S/C18H13F17/c1-9-4-6-10(7-5-9)3-2-8-11(19,20)12(21,22)13(23,24)14(25,26)15(27,28)16(29,30)17(31,32)18(33,34)35/h4-7H,2-3,8H2,1H3. The molecule has 1 rings (SSSR count). The average Bonchev–Trinajstić information content (AvgIpc) is 2.67. The monoisotopic (exact) mass is 552 g/mol. The van der Waals surface area contributed by atoms with Crippen molar-refractivity contribution < 1.29 is 74.6 Å². The van der Waals surface area contributed by atoms with E-state index < -0.39 is 66.9 Å². The quantitative estimate of drug-likeness (QED) is 0.256. The number of hydrogen-bond acceptors (Lipinski definition) is 0. The number of benzene rings is 1. The van der Waals surface area contributed by atoms with Crippen LogP contribution in [0.25, 0.3) is 0 Å². The van der Waals surface area contributed by atoms with Crippen LogP contribution < -0.4 is 0 Å². The molecule has 0 saturated heterocycles. The Morgan fingerprint density at radius 2 is 0.829 bits per heavy atom. The third kappa shape index (κ3) is 4.74. The Morgan fingerprint density at radius 1 is 0.486 bits per heavy atom. The molecule has 0 unspecified atom stereocenters. The highest BCUT2D eigenvalue weighted by atomic mass is 19.4. The molecule has 0 N–H and O–H groups in total. The van der Waals surface area contributed by atoms with Gasteiger partial charge in [0.1, 0.15) is 0 Å². The average molecular weight is 552 g/mol. The lowest BCUT2D eigenvalue weighted by atomic mass is 9.87. The number of alkyl halides is 17. The van der Waals surface area contributed by atoms with E-state index >= 15 is 0 Å². The summed E-state index contributed by atoms with van der Waals surface area (Å²) in [5, 5.41) is 0. The summed E-state index contributed by atoms with van der Waals surface area (Å²) in [4.78, 5) is 0. The van der Waals surface area contributed by atoms with E-state index in [1.54, 1.807) is 6.92 Å². The Morgan fingerprint density at radius 3 is 1.20 bits per heavy atom. The number of hydrogen-bond donors (Lipinski definition) is 0. The second kappa shape index (κ2) is 8.85. The van der Waals surface area contributed by atoms with Gasteiger partial charge in [0.15, 0.2) is 0 Å². The molecule has 0 aliphatic rings. The lowest BCUT2D eigenvalue weighted by Crippen LogP contribution is -2.74. The fourth-order valence-corrected chi connectivity index (χ4v) is 2.62. The first kappa shape index (κ1) is 31.1. The minimum absolute atomic E-state index is 0.146. The summed E-state index contributed by atoms with van der Waals surface area (Å²) in [7, 11) is 0. The molecule has 0 aromatic heterocycles. The zero-order valence-electron chi connectivity index (χ0n) is 16.9. The van der Waals surface area contributed by atoms with Gasteiger partial charge in [0.05, 0.1) is 0 Å². The smallest absolute Gasteiger partial charge is 0.200 e. The summed E-state index contributed by atoms with van der Waals surface area (Å²) in [5.41, 5.74) is 0.786. The van der Waals surface area contributed by atoms with Crippen molar-refractivity contribution in [3.8, 4) is 0 Å². The first-order valence-electron chi connectivity index (χ1n) is 8.99. The first-order chi connectivity index (χ1) is 15.2. The lowest BCUT2D eigenvalue weighted by Gasteiger charge is -2.42. The summed E-state index contributed by atoms with van der Waals surface area (Å²) < 4.78 is 224. The third-order valence-corrected chi connectivity index (χ3v) is 4.86. The summed E-state index contributed by atoms with van der Waals surface area (Å²) in [6, 6.07) is 5.32. The summed E-state index contributed by atoms with van der Waals surface area (Å²) in [6.07, 6.45) is -11.9. The van der Waals surface area contributed by atoms with Gasteiger partial charge in [0.2, 0.25) is 0 Å². The van der Waals surface area contributed by atoms with E-state index in [2.05, 4.69) is 0 Å². The van der Waals surface area contributed by atoms with Gasteiger partial charge >= 0.3 is 47.6 Å². The van der Waals surface area contributed by atoms with Crippen LogP contribution in [0.15, 0.2) is 24.3 Å². The number of halogens is 17. The molecule has 0 saturated carbocycles. The van der Waals surface area contributed by atoms with E-state index in [-0.39, 0.29) is 5.56 Å². The highest BCUT2D eigenvalue weighted by Gasteiger charge is 2.95. The molecular formula is C18H13F17. The van der Waals surface area contributed by atoms with Crippen molar-refractivity contribution >= 4 is 0 Å². The molecule has 0 amide bonds. The highest BCUT2D eigenvalue weighted by molar-refractivity contribution is 5.21. The van der Waals surface area contributed by atoms with Gasteiger partial charge < -0.3 is 0 Å². The van der Waals surface area contributed by atoms with Crippen molar-refractivity contribution in [3.63, 3.8) is 0 Å². The van der Waals surface area contributed by atoms with Gasteiger partial charge in [-0.15, -0.1) is 0 Å². The molecule has 0 fully saturated rings. The molecule has 0 bridgehead atoms. The van der Waals surface area contributed by atoms with Gasteiger partial charge in [-0.2, -0.15) is 74.6 Å². The molecule has 1 aromatic carbocycles. The maximum Gasteiger partial charge on any atom is 0.460 e. The van der Waals surface area contributed by atoms with E-state index in [4.69, 9.17) is 0 Å². The zero-order chi connectivity index (χ0) is 28.1. The first-order valence-corrected chi connectivity index (χ1v) is 8.99. The molecule has 17 heteroatoms. The van der Waals surface area contributed by atoms with Crippen LogP contribution in [0, 0.1) is 6.92 Å². The molecule has 35 heavy (non-hydrogen) atoms. The van der Waals surface area contributed by atoms with E-state index in [0.29, 0.717) is 5.56 Å². The van der Waals surface area contributed by atoms with Crippen LogP contribution in [0.5, 0.6) is 0 Å². The van der Waals surface area contributed by atoms with E-state index in [9.17, 15) is 74.6 Å². The Balaban J connectivity index is 3.34. The van der Waals surface area contributed by atoms with Crippen molar-refractivity contribution in [2.75, 3.05) is 0 Å². The molecule has 0 nitrogen and oxygen atoms in total. The van der Waals surface area contributed by atoms with E-state index in [1.165, 1.54) is 24.3 Å². The predicted molar refractivity (Wildman–Crippen MR) is 84.8 cm³/mol. The molecule has 204 valence electrons. The van der Waals surface area contributed by atoms with Crippen molar-refractivity contribution in [2.24, 2.45) is 0 Å². The summed E-state index contributed by atoms with van der Waals surface area (Å²) in [6.45, 7) is 1.57. The lowest BCUT2D eigenvalue weighted by molar-refractivity contribution is -0.461.